The third-order valence-corrected chi connectivity index (χ3v) is 3.44. The van der Waals surface area contributed by atoms with E-state index in [4.69, 9.17) is 15.2 Å². The van der Waals surface area contributed by atoms with Crippen molar-refractivity contribution in [3.63, 3.8) is 0 Å². The van der Waals surface area contributed by atoms with Gasteiger partial charge in [0.05, 0.1) is 12.7 Å². The van der Waals surface area contributed by atoms with Gasteiger partial charge in [0, 0.05) is 6.42 Å². The zero-order valence-corrected chi connectivity index (χ0v) is 12.5. The zero-order chi connectivity index (χ0) is 16.2. The molecule has 0 radical (unpaired) electrons. The van der Waals surface area contributed by atoms with E-state index in [1.165, 1.54) is 12.1 Å². The minimum atomic E-state index is -0.670. The molecule has 2 aliphatic rings. The Kier molecular flexibility index (Phi) is 4.15. The maximum atomic E-state index is 13.5. The number of fused-ring (bicyclic) bond motifs is 1. The molecule has 3 rings (SSSR count). The third kappa shape index (κ3) is 3.43. The first-order chi connectivity index (χ1) is 11.2. The predicted octanol–water partition coefficient (Wildman–Crippen LogP) is 2.85. The molecule has 0 saturated heterocycles. The van der Waals surface area contributed by atoms with Gasteiger partial charge < -0.3 is 15.2 Å². The van der Waals surface area contributed by atoms with E-state index in [2.05, 4.69) is 16.8 Å². The summed E-state index contributed by atoms with van der Waals surface area (Å²) in [6.45, 7) is 0. The van der Waals surface area contributed by atoms with Crippen molar-refractivity contribution in [1.82, 2.24) is 4.98 Å². The maximum absolute atomic E-state index is 13.5. The Morgan fingerprint density at radius 2 is 2.30 bits per heavy atom. The van der Waals surface area contributed by atoms with Crippen LogP contribution in [0.5, 0.6) is 0 Å². The van der Waals surface area contributed by atoms with Crippen LogP contribution < -0.4 is 5.73 Å². The molecule has 0 amide bonds. The molecule has 1 aliphatic heterocycles. The van der Waals surface area contributed by atoms with E-state index in [9.17, 15) is 4.39 Å². The number of methoxy groups -OCH3 is 1. The Morgan fingerprint density at radius 1 is 1.43 bits per heavy atom. The highest BCUT2D eigenvalue weighted by Crippen LogP contribution is 2.30. The fraction of sp³-hybridized carbons (Fsp3) is 0.167. The van der Waals surface area contributed by atoms with Crippen molar-refractivity contribution in [2.75, 3.05) is 12.8 Å². The molecule has 1 aromatic rings. The molecule has 1 atom stereocenters. The van der Waals surface area contributed by atoms with Crippen molar-refractivity contribution in [2.45, 2.75) is 12.5 Å². The Balaban J connectivity index is 1.68. The molecule has 0 aromatic carbocycles. The average Bonchev–Trinajstić information content (AvgIpc) is 2.94. The molecule has 5 heteroatoms. The molecule has 0 fully saturated rings. The number of hydrogen-bond donors (Lipinski definition) is 1. The van der Waals surface area contributed by atoms with Gasteiger partial charge in [-0.2, -0.15) is 4.39 Å². The van der Waals surface area contributed by atoms with Crippen LogP contribution in [-0.4, -0.2) is 18.2 Å². The van der Waals surface area contributed by atoms with E-state index in [-0.39, 0.29) is 17.5 Å². The fourth-order valence-corrected chi connectivity index (χ4v) is 2.30. The molecule has 1 aromatic heterocycles. The second-order valence-corrected chi connectivity index (χ2v) is 5.02. The number of anilines is 1. The van der Waals surface area contributed by atoms with Crippen molar-refractivity contribution >= 4 is 5.82 Å². The number of aromatic nitrogens is 1. The molecule has 1 unspecified atom stereocenters. The Morgan fingerprint density at radius 3 is 3.09 bits per heavy atom. The Hall–Kier alpha value is -3.00. The summed E-state index contributed by atoms with van der Waals surface area (Å²) in [4.78, 5) is 3.52. The summed E-state index contributed by atoms with van der Waals surface area (Å²) < 4.78 is 24.5. The van der Waals surface area contributed by atoms with Gasteiger partial charge >= 0.3 is 0 Å². The average molecular weight is 310 g/mol. The lowest BCUT2D eigenvalue weighted by Gasteiger charge is -2.16. The summed E-state index contributed by atoms with van der Waals surface area (Å²) in [6.07, 6.45) is 10.1. The first kappa shape index (κ1) is 14.9. The Labute approximate surface area is 133 Å². The molecule has 2 heterocycles. The van der Waals surface area contributed by atoms with Gasteiger partial charge in [0.1, 0.15) is 23.4 Å². The quantitative estimate of drug-likeness (QED) is 0.674. The first-order valence-electron chi connectivity index (χ1n) is 7.10. The number of nitrogens with zero attached hydrogens (tertiary/aromatic N) is 1. The van der Waals surface area contributed by atoms with Gasteiger partial charge in [-0.1, -0.05) is 11.8 Å². The number of nitrogen functional groups attached to an aromatic ring is 1. The van der Waals surface area contributed by atoms with E-state index in [1.54, 1.807) is 19.3 Å². The molecule has 23 heavy (non-hydrogen) atoms. The van der Waals surface area contributed by atoms with Crippen LogP contribution in [0.25, 0.3) is 0 Å². The lowest BCUT2D eigenvalue weighted by atomic mass is 10.0. The summed E-state index contributed by atoms with van der Waals surface area (Å²) in [7, 11) is 1.64. The summed E-state index contributed by atoms with van der Waals surface area (Å²) in [5.41, 5.74) is 6.67. The number of rotatable bonds is 2. The monoisotopic (exact) mass is 310 g/mol. The summed E-state index contributed by atoms with van der Waals surface area (Å²) in [6, 6.07) is 3.01. The highest BCUT2D eigenvalue weighted by Gasteiger charge is 2.24. The van der Waals surface area contributed by atoms with Crippen LogP contribution in [0.1, 0.15) is 12.0 Å². The van der Waals surface area contributed by atoms with Crippen molar-refractivity contribution < 1.29 is 13.9 Å². The van der Waals surface area contributed by atoms with Gasteiger partial charge in [-0.25, -0.2) is 4.98 Å². The second kappa shape index (κ2) is 6.41. The van der Waals surface area contributed by atoms with Gasteiger partial charge in [-0.3, -0.25) is 0 Å². The number of allylic oxidation sites excluding steroid dienone is 3. The molecular formula is C18H15FN2O2. The molecule has 0 saturated carbocycles. The van der Waals surface area contributed by atoms with E-state index in [1.807, 2.05) is 18.2 Å². The summed E-state index contributed by atoms with van der Waals surface area (Å²) in [5.74, 6) is 6.47. The van der Waals surface area contributed by atoms with Crippen molar-refractivity contribution in [1.29, 1.82) is 0 Å². The molecule has 0 spiro atoms. The van der Waals surface area contributed by atoms with Gasteiger partial charge in [0.2, 0.25) is 5.95 Å². The third-order valence-electron chi connectivity index (χ3n) is 3.44. The van der Waals surface area contributed by atoms with E-state index < -0.39 is 5.95 Å². The van der Waals surface area contributed by atoms with E-state index in [0.717, 1.165) is 23.5 Å². The molecule has 0 bridgehead atoms. The van der Waals surface area contributed by atoms with Crippen molar-refractivity contribution in [2.24, 2.45) is 0 Å². The number of ether oxygens (including phenoxy) is 2. The molecular weight excluding hydrogens is 295 g/mol. The molecule has 1 aliphatic carbocycles. The molecule has 2 N–H and O–H groups in total. The molecule has 4 nitrogen and oxygen atoms in total. The smallest absolute Gasteiger partial charge is 0.230 e. The van der Waals surface area contributed by atoms with Crippen LogP contribution >= 0.6 is 0 Å². The van der Waals surface area contributed by atoms with Crippen LogP contribution in [0.15, 0.2) is 59.6 Å². The van der Waals surface area contributed by atoms with E-state index in [0.29, 0.717) is 0 Å². The minimum Gasteiger partial charge on any atom is -0.497 e. The first-order valence-corrected chi connectivity index (χ1v) is 7.10. The van der Waals surface area contributed by atoms with Gasteiger partial charge in [-0.15, -0.1) is 0 Å². The topological polar surface area (TPSA) is 57.4 Å². The number of halogens is 1. The van der Waals surface area contributed by atoms with Gasteiger partial charge in [0.25, 0.3) is 0 Å². The standard InChI is InChI=1S/C18H15FN2O2/c1-22-14-7-8-16-13(10-14)11-15(23-16)5-3-2-4-12-6-9-17(20)21-18(12)19/h3,5-7,9-11,16H,8H2,1H3,(H2,20,21)/b5-3+. The van der Waals surface area contributed by atoms with Gasteiger partial charge in [0.15, 0.2) is 0 Å². The van der Waals surface area contributed by atoms with Crippen LogP contribution in [-0.2, 0) is 9.47 Å². The number of hydrogen-bond acceptors (Lipinski definition) is 4. The van der Waals surface area contributed by atoms with E-state index >= 15 is 0 Å². The highest BCUT2D eigenvalue weighted by molar-refractivity contribution is 5.44. The molecule has 116 valence electrons. The normalized spacial score (nSPS) is 19.0. The van der Waals surface area contributed by atoms with Crippen LogP contribution in [0.4, 0.5) is 10.2 Å². The second-order valence-electron chi connectivity index (χ2n) is 5.02. The van der Waals surface area contributed by atoms with Crippen molar-refractivity contribution in [3.05, 3.63) is 71.1 Å². The number of pyridine rings is 1. The predicted molar refractivity (Wildman–Crippen MR) is 85.4 cm³/mol. The Bertz CT molecular complexity index is 810. The SMILES string of the molecule is COC1=CCC2OC(/C=C/C#Cc3ccc(N)nc3F)=CC2=C1. The van der Waals surface area contributed by atoms with Gasteiger partial charge in [-0.05, 0) is 48.1 Å². The van der Waals surface area contributed by atoms with Crippen LogP contribution in [0.3, 0.4) is 0 Å². The highest BCUT2D eigenvalue weighted by atomic mass is 19.1. The zero-order valence-electron chi connectivity index (χ0n) is 12.5. The fourth-order valence-electron chi connectivity index (χ4n) is 2.30. The lowest BCUT2D eigenvalue weighted by Crippen LogP contribution is -2.11. The minimum absolute atomic E-state index is 0.0280. The summed E-state index contributed by atoms with van der Waals surface area (Å²) in [5, 5.41) is 0. The summed E-state index contributed by atoms with van der Waals surface area (Å²) >= 11 is 0. The lowest BCUT2D eigenvalue weighted by molar-refractivity contribution is 0.174. The maximum Gasteiger partial charge on any atom is 0.230 e. The largest absolute Gasteiger partial charge is 0.497 e. The van der Waals surface area contributed by atoms with Crippen LogP contribution in [0.2, 0.25) is 0 Å². The number of nitrogens with two attached hydrogens (primary N) is 1. The van der Waals surface area contributed by atoms with Crippen molar-refractivity contribution in [3.8, 4) is 11.8 Å². The van der Waals surface area contributed by atoms with Crippen LogP contribution in [0, 0.1) is 17.8 Å².